The highest BCUT2D eigenvalue weighted by molar-refractivity contribution is 5.85. The number of ether oxygens (including phenoxy) is 6. The molecule has 2 N–H and O–H groups in total. The number of fused-ring (bicyclic) bond motifs is 1. The maximum atomic E-state index is 11.6. The first-order valence-electron chi connectivity index (χ1n) is 11.2. The summed E-state index contributed by atoms with van der Waals surface area (Å²) in [5.41, 5.74) is 1.32. The lowest BCUT2D eigenvalue weighted by atomic mass is 9.93. The lowest BCUT2D eigenvalue weighted by molar-refractivity contribution is -0.384. The van der Waals surface area contributed by atoms with E-state index in [0.717, 1.165) is 0 Å². The average Bonchev–Trinajstić information content (AvgIpc) is 3.36. The molecular weight excluding hydrogens is 474 g/mol. The lowest BCUT2D eigenvalue weighted by Crippen LogP contribution is -2.40. The topological polar surface area (TPSA) is 139 Å². The Kier molecular flexibility index (Phi) is 7.10. The minimum absolute atomic E-state index is 0.122. The molecule has 36 heavy (non-hydrogen) atoms. The summed E-state index contributed by atoms with van der Waals surface area (Å²) in [4.78, 5) is 11.1. The first kappa shape index (κ1) is 25.7. The summed E-state index contributed by atoms with van der Waals surface area (Å²) in [5.74, 6) is 0.382. The van der Waals surface area contributed by atoms with Gasteiger partial charge in [-0.3, -0.25) is 10.1 Å². The third kappa shape index (κ3) is 4.58. The Morgan fingerprint density at radius 1 is 1.08 bits per heavy atom. The fourth-order valence-corrected chi connectivity index (χ4v) is 4.57. The van der Waals surface area contributed by atoms with E-state index in [2.05, 4.69) is 0 Å². The van der Waals surface area contributed by atoms with E-state index in [9.17, 15) is 20.3 Å². The van der Waals surface area contributed by atoms with E-state index in [0.29, 0.717) is 33.9 Å². The van der Waals surface area contributed by atoms with Crippen LogP contribution < -0.4 is 14.2 Å². The van der Waals surface area contributed by atoms with Gasteiger partial charge in [0.1, 0.15) is 24.1 Å². The molecule has 2 aromatic carbocycles. The van der Waals surface area contributed by atoms with Crippen LogP contribution in [0.2, 0.25) is 0 Å². The highest BCUT2D eigenvalue weighted by Gasteiger charge is 2.56. The maximum Gasteiger partial charge on any atom is 0.270 e. The van der Waals surface area contributed by atoms with Crippen molar-refractivity contribution in [3.63, 3.8) is 0 Å². The Labute approximate surface area is 207 Å². The van der Waals surface area contributed by atoms with Crippen molar-refractivity contribution in [2.24, 2.45) is 0 Å². The first-order valence-corrected chi connectivity index (χ1v) is 11.2. The zero-order chi connectivity index (χ0) is 26.2. The number of methoxy groups -OCH3 is 3. The van der Waals surface area contributed by atoms with E-state index in [1.807, 2.05) is 0 Å². The van der Waals surface area contributed by atoms with Crippen molar-refractivity contribution >= 4 is 11.3 Å². The highest BCUT2D eigenvalue weighted by Crippen LogP contribution is 2.48. The molecule has 2 aromatic rings. The van der Waals surface area contributed by atoms with Crippen LogP contribution >= 0.6 is 0 Å². The third-order valence-corrected chi connectivity index (χ3v) is 6.09. The van der Waals surface area contributed by atoms with Crippen molar-refractivity contribution in [2.45, 2.75) is 44.1 Å². The number of rotatable bonds is 8. The van der Waals surface area contributed by atoms with E-state index in [4.69, 9.17) is 28.4 Å². The fourth-order valence-electron chi connectivity index (χ4n) is 4.57. The summed E-state index contributed by atoms with van der Waals surface area (Å²) < 4.78 is 34.8. The van der Waals surface area contributed by atoms with Gasteiger partial charge in [0.15, 0.2) is 23.4 Å². The van der Waals surface area contributed by atoms with Crippen molar-refractivity contribution in [2.75, 3.05) is 27.9 Å². The molecule has 2 fully saturated rings. The molecule has 4 atom stereocenters. The van der Waals surface area contributed by atoms with Gasteiger partial charge in [-0.1, -0.05) is 12.1 Å². The first-order chi connectivity index (χ1) is 17.1. The number of aliphatic hydroxyl groups is 2. The van der Waals surface area contributed by atoms with Crippen molar-refractivity contribution < 1.29 is 43.6 Å². The van der Waals surface area contributed by atoms with E-state index >= 15 is 0 Å². The van der Waals surface area contributed by atoms with E-state index in [1.165, 1.54) is 33.5 Å². The Morgan fingerprint density at radius 3 is 2.31 bits per heavy atom. The molecule has 0 unspecified atom stereocenters. The summed E-state index contributed by atoms with van der Waals surface area (Å²) >= 11 is 0. The van der Waals surface area contributed by atoms with Crippen LogP contribution in [0.15, 0.2) is 42.2 Å². The Bertz CT molecular complexity index is 1150. The largest absolute Gasteiger partial charge is 0.493 e. The molecule has 0 amide bonds. The molecule has 2 aliphatic rings. The number of benzene rings is 2. The number of hydrogen-bond donors (Lipinski definition) is 2. The van der Waals surface area contributed by atoms with Gasteiger partial charge in [-0.05, 0) is 37.1 Å². The van der Waals surface area contributed by atoms with Crippen LogP contribution in [-0.4, -0.2) is 73.3 Å². The molecule has 2 saturated heterocycles. The van der Waals surface area contributed by atoms with Crippen molar-refractivity contribution in [1.82, 2.24) is 0 Å². The second-order valence-electron chi connectivity index (χ2n) is 8.81. The van der Waals surface area contributed by atoms with Gasteiger partial charge in [0.05, 0.1) is 32.9 Å². The van der Waals surface area contributed by atoms with Crippen LogP contribution in [0.1, 0.15) is 25.0 Å². The Hall–Kier alpha value is -3.38. The molecule has 0 bridgehead atoms. The van der Waals surface area contributed by atoms with E-state index in [1.54, 1.807) is 38.1 Å². The molecular formula is C25H29NO10. The third-order valence-electron chi connectivity index (χ3n) is 6.09. The molecule has 0 aromatic heterocycles. The quantitative estimate of drug-likeness (QED) is 0.408. The van der Waals surface area contributed by atoms with Crippen LogP contribution in [-0.2, 0) is 14.2 Å². The van der Waals surface area contributed by atoms with Gasteiger partial charge in [0, 0.05) is 17.7 Å². The zero-order valence-corrected chi connectivity index (χ0v) is 20.6. The summed E-state index contributed by atoms with van der Waals surface area (Å²) in [6.07, 6.45) is -3.68. The van der Waals surface area contributed by atoms with Gasteiger partial charge in [-0.15, -0.1) is 0 Å². The molecule has 2 aliphatic heterocycles. The molecule has 2 heterocycles. The highest BCUT2D eigenvalue weighted by atomic mass is 16.8. The van der Waals surface area contributed by atoms with Crippen molar-refractivity contribution in [1.29, 1.82) is 0 Å². The standard InChI is InChI=1S/C25H29NO10/c1-25(2)35-23-20(16(28)12-27)34-22(24(23)36-25)19(13-7-6-8-15(9-13)26(29)30)14-10-17(31-3)21(33-5)18(11-14)32-4/h6-11,16,20,23-24,27-28H,12H2,1-5H3/b22-19+/t16-,20+,23-,24+/m1/s1. The number of nitro groups is 1. The van der Waals surface area contributed by atoms with Crippen molar-refractivity contribution in [3.8, 4) is 17.2 Å². The number of nitro benzene ring substituents is 1. The number of non-ortho nitro benzene ring substituents is 1. The van der Waals surface area contributed by atoms with Gasteiger partial charge < -0.3 is 38.6 Å². The predicted molar refractivity (Wildman–Crippen MR) is 127 cm³/mol. The normalized spacial score (nSPS) is 24.5. The van der Waals surface area contributed by atoms with Crippen molar-refractivity contribution in [3.05, 3.63) is 63.4 Å². The molecule has 11 heteroatoms. The van der Waals surface area contributed by atoms with Crippen LogP contribution in [0.25, 0.3) is 5.57 Å². The summed E-state index contributed by atoms with van der Waals surface area (Å²) in [6.45, 7) is 2.91. The molecule has 194 valence electrons. The fraction of sp³-hybridized carbons (Fsp3) is 0.440. The summed E-state index contributed by atoms with van der Waals surface area (Å²) in [7, 11) is 4.44. The number of nitrogens with zero attached hydrogens (tertiary/aromatic N) is 1. The average molecular weight is 504 g/mol. The van der Waals surface area contributed by atoms with Gasteiger partial charge in [-0.2, -0.15) is 0 Å². The van der Waals surface area contributed by atoms with Gasteiger partial charge >= 0.3 is 0 Å². The molecule has 11 nitrogen and oxygen atoms in total. The second kappa shape index (κ2) is 9.94. The monoisotopic (exact) mass is 503 g/mol. The molecule has 0 saturated carbocycles. The lowest BCUT2D eigenvalue weighted by Gasteiger charge is -2.25. The summed E-state index contributed by atoms with van der Waals surface area (Å²) in [5, 5.41) is 31.7. The molecule has 0 radical (unpaired) electrons. The van der Waals surface area contributed by atoms with Crippen LogP contribution in [0, 0.1) is 10.1 Å². The molecule has 0 aliphatic carbocycles. The van der Waals surface area contributed by atoms with Gasteiger partial charge in [-0.25, -0.2) is 0 Å². The maximum absolute atomic E-state index is 11.6. The minimum atomic E-state index is -1.25. The molecule has 4 rings (SSSR count). The van der Waals surface area contributed by atoms with Gasteiger partial charge in [0.2, 0.25) is 5.75 Å². The second-order valence-corrected chi connectivity index (χ2v) is 8.81. The smallest absolute Gasteiger partial charge is 0.270 e. The van der Waals surface area contributed by atoms with Crippen LogP contribution in [0.5, 0.6) is 17.2 Å². The Morgan fingerprint density at radius 2 is 1.75 bits per heavy atom. The summed E-state index contributed by atoms with van der Waals surface area (Å²) in [6, 6.07) is 9.45. The molecule has 0 spiro atoms. The predicted octanol–water partition coefficient (Wildman–Crippen LogP) is 2.65. The van der Waals surface area contributed by atoms with Crippen LogP contribution in [0.4, 0.5) is 5.69 Å². The minimum Gasteiger partial charge on any atom is -0.493 e. The van der Waals surface area contributed by atoms with Gasteiger partial charge in [0.25, 0.3) is 5.69 Å². The zero-order valence-electron chi connectivity index (χ0n) is 20.6. The number of hydrogen-bond acceptors (Lipinski definition) is 10. The Balaban J connectivity index is 2.01. The van der Waals surface area contributed by atoms with E-state index < -0.39 is 41.7 Å². The number of aliphatic hydroxyl groups excluding tert-OH is 2. The van der Waals surface area contributed by atoms with E-state index in [-0.39, 0.29) is 11.4 Å². The SMILES string of the molecule is COc1cc(/C(=C2/O[C@@H]([C@H](O)CO)[C@H]3OC(C)(C)O[C@@H]23)c2cccc([N+](=O)[O-])c2)cc(OC)c1OC. The van der Waals surface area contributed by atoms with Crippen LogP contribution in [0.3, 0.4) is 0 Å².